The van der Waals surface area contributed by atoms with Crippen molar-refractivity contribution in [3.05, 3.63) is 28.2 Å². The van der Waals surface area contributed by atoms with E-state index in [2.05, 4.69) is 29.9 Å². The molecule has 0 atom stereocenters. The van der Waals surface area contributed by atoms with Crippen LogP contribution in [0.15, 0.2) is 22.7 Å². The van der Waals surface area contributed by atoms with Gasteiger partial charge < -0.3 is 0 Å². The van der Waals surface area contributed by atoms with E-state index >= 15 is 0 Å². The van der Waals surface area contributed by atoms with E-state index in [-0.39, 0.29) is 5.15 Å². The number of hydrogen-bond donors (Lipinski definition) is 0. The molecule has 0 bridgehead atoms. The van der Waals surface area contributed by atoms with Crippen LogP contribution >= 0.6 is 34.7 Å². The highest BCUT2D eigenvalue weighted by Crippen LogP contribution is 2.31. The summed E-state index contributed by atoms with van der Waals surface area (Å²) in [5.74, 6) is 1.47. The molecule has 98 valence electrons. The second-order valence-electron chi connectivity index (χ2n) is 4.31. The first-order valence-electron chi connectivity index (χ1n) is 5.76. The Kier molecular flexibility index (Phi) is 4.81. The third-order valence-corrected chi connectivity index (χ3v) is 4.68. The fraction of sp³-hybridized carbons (Fsp3) is 0.308. The predicted molar refractivity (Wildman–Crippen MR) is 80.6 cm³/mol. The molecule has 0 radical (unpaired) electrons. The van der Waals surface area contributed by atoms with Crippen molar-refractivity contribution in [3.8, 4) is 16.6 Å². The number of hydrogen-bond acceptors (Lipinski definition) is 5. The van der Waals surface area contributed by atoms with Crippen molar-refractivity contribution in [1.82, 2.24) is 9.97 Å². The van der Waals surface area contributed by atoms with Crippen LogP contribution in [-0.2, 0) is 0 Å². The highest BCUT2D eigenvalue weighted by atomic mass is 35.5. The monoisotopic (exact) mass is 309 g/mol. The molecule has 0 N–H and O–H groups in total. The summed E-state index contributed by atoms with van der Waals surface area (Å²) in [5, 5.41) is 12.0. The van der Waals surface area contributed by atoms with E-state index < -0.39 is 0 Å². The summed E-state index contributed by atoms with van der Waals surface area (Å²) in [7, 11) is 0. The van der Waals surface area contributed by atoms with Gasteiger partial charge in [-0.2, -0.15) is 5.26 Å². The third-order valence-electron chi connectivity index (χ3n) is 2.26. The Morgan fingerprint density at radius 2 is 2.26 bits per heavy atom. The predicted octanol–water partition coefficient (Wildman–Crippen LogP) is 4.48. The second-order valence-corrected chi connectivity index (χ2v) is 6.61. The highest BCUT2D eigenvalue weighted by Gasteiger charge is 2.15. The smallest absolute Gasteiger partial charge is 0.189 e. The van der Waals surface area contributed by atoms with Crippen molar-refractivity contribution in [1.29, 1.82) is 5.26 Å². The molecule has 0 aromatic carbocycles. The van der Waals surface area contributed by atoms with Crippen LogP contribution < -0.4 is 0 Å². The van der Waals surface area contributed by atoms with Gasteiger partial charge in [-0.3, -0.25) is 0 Å². The molecule has 0 saturated carbocycles. The van der Waals surface area contributed by atoms with E-state index in [4.69, 9.17) is 11.6 Å². The van der Waals surface area contributed by atoms with Crippen molar-refractivity contribution in [2.45, 2.75) is 19.0 Å². The molecular weight excluding hydrogens is 298 g/mol. The molecule has 19 heavy (non-hydrogen) atoms. The zero-order valence-corrected chi connectivity index (χ0v) is 12.9. The molecule has 0 aliphatic carbocycles. The Morgan fingerprint density at radius 1 is 1.47 bits per heavy atom. The summed E-state index contributed by atoms with van der Waals surface area (Å²) < 4.78 is 0. The lowest BCUT2D eigenvalue weighted by Crippen LogP contribution is -1.98. The van der Waals surface area contributed by atoms with Gasteiger partial charge in [-0.1, -0.05) is 43.3 Å². The molecule has 0 fully saturated rings. The van der Waals surface area contributed by atoms with Crippen molar-refractivity contribution >= 4 is 34.7 Å². The molecule has 0 spiro atoms. The Labute approximate surface area is 125 Å². The van der Waals surface area contributed by atoms with Crippen LogP contribution in [0.5, 0.6) is 0 Å². The van der Waals surface area contributed by atoms with E-state index in [1.54, 1.807) is 11.8 Å². The molecule has 0 unspecified atom stereocenters. The maximum atomic E-state index is 9.19. The quantitative estimate of drug-likeness (QED) is 0.475. The number of nitrogens with zero attached hydrogens (tertiary/aromatic N) is 3. The van der Waals surface area contributed by atoms with Crippen LogP contribution in [0.25, 0.3) is 10.6 Å². The molecule has 2 heterocycles. The molecular formula is C13H12ClN3S2. The summed E-state index contributed by atoms with van der Waals surface area (Å²) in [6.45, 7) is 4.27. The lowest BCUT2D eigenvalue weighted by molar-refractivity contribution is 0.748. The van der Waals surface area contributed by atoms with E-state index in [1.165, 1.54) is 11.3 Å². The average Bonchev–Trinajstić information content (AvgIpc) is 2.89. The van der Waals surface area contributed by atoms with E-state index in [9.17, 15) is 5.26 Å². The van der Waals surface area contributed by atoms with Crippen LogP contribution in [0.3, 0.4) is 0 Å². The van der Waals surface area contributed by atoms with Gasteiger partial charge in [0.1, 0.15) is 17.3 Å². The van der Waals surface area contributed by atoms with E-state index in [1.807, 2.05) is 17.5 Å². The molecule has 2 rings (SSSR count). The van der Waals surface area contributed by atoms with Gasteiger partial charge in [0.05, 0.1) is 4.88 Å². The average molecular weight is 310 g/mol. The number of thiophene rings is 1. The minimum Gasteiger partial charge on any atom is -0.220 e. The zero-order valence-electron chi connectivity index (χ0n) is 10.6. The van der Waals surface area contributed by atoms with Crippen LogP contribution in [0.1, 0.15) is 19.4 Å². The maximum absolute atomic E-state index is 9.19. The lowest BCUT2D eigenvalue weighted by Gasteiger charge is -2.07. The molecule has 0 aliphatic rings. The minimum absolute atomic E-state index is 0.229. The van der Waals surface area contributed by atoms with Gasteiger partial charge in [0.2, 0.25) is 0 Å². The van der Waals surface area contributed by atoms with Gasteiger partial charge in [-0.15, -0.1) is 11.3 Å². The normalized spacial score (nSPS) is 10.7. The Bertz CT molecular complexity index is 603. The summed E-state index contributed by atoms with van der Waals surface area (Å²) >= 11 is 9.18. The molecule has 0 saturated heterocycles. The molecule has 3 nitrogen and oxygen atoms in total. The lowest BCUT2D eigenvalue weighted by atomic mass is 10.2. The number of nitriles is 1. The van der Waals surface area contributed by atoms with Crippen molar-refractivity contribution in [3.63, 3.8) is 0 Å². The maximum Gasteiger partial charge on any atom is 0.189 e. The first-order valence-corrected chi connectivity index (χ1v) is 8.00. The van der Waals surface area contributed by atoms with Gasteiger partial charge in [0.25, 0.3) is 0 Å². The first-order chi connectivity index (χ1) is 9.11. The van der Waals surface area contributed by atoms with Gasteiger partial charge in [0.15, 0.2) is 10.3 Å². The van der Waals surface area contributed by atoms with Crippen LogP contribution in [0.4, 0.5) is 0 Å². The van der Waals surface area contributed by atoms with Gasteiger partial charge in [-0.05, 0) is 17.4 Å². The van der Waals surface area contributed by atoms with Crippen LogP contribution in [0.2, 0.25) is 5.15 Å². The number of thioether (sulfide) groups is 1. The summed E-state index contributed by atoms with van der Waals surface area (Å²) in [4.78, 5) is 9.60. The topological polar surface area (TPSA) is 49.6 Å². The fourth-order valence-corrected chi connectivity index (χ4v) is 3.19. The Morgan fingerprint density at radius 3 is 2.84 bits per heavy atom. The van der Waals surface area contributed by atoms with E-state index in [0.717, 1.165) is 10.6 Å². The standard InChI is InChI=1S/C13H12ClN3S2/c1-8(2)7-19-13-16-11(10-4-3-5-18-10)9(6-15)12(14)17-13/h3-5,8H,7H2,1-2H3. The fourth-order valence-electron chi connectivity index (χ4n) is 1.41. The SMILES string of the molecule is CC(C)CSc1nc(Cl)c(C#N)c(-c2cccs2)n1. The summed E-state index contributed by atoms with van der Waals surface area (Å²) in [5.41, 5.74) is 0.974. The number of rotatable bonds is 4. The Balaban J connectivity index is 2.43. The van der Waals surface area contributed by atoms with Gasteiger partial charge >= 0.3 is 0 Å². The molecule has 2 aromatic rings. The Hall–Kier alpha value is -1.09. The van der Waals surface area contributed by atoms with Crippen molar-refractivity contribution < 1.29 is 0 Å². The van der Waals surface area contributed by atoms with Gasteiger partial charge in [0, 0.05) is 5.75 Å². The van der Waals surface area contributed by atoms with Crippen LogP contribution in [-0.4, -0.2) is 15.7 Å². The zero-order chi connectivity index (χ0) is 13.8. The van der Waals surface area contributed by atoms with Crippen molar-refractivity contribution in [2.75, 3.05) is 5.75 Å². The minimum atomic E-state index is 0.229. The number of halogens is 1. The third kappa shape index (κ3) is 3.47. The molecule has 0 amide bonds. The first kappa shape index (κ1) is 14.3. The second kappa shape index (κ2) is 6.38. The number of aromatic nitrogens is 2. The van der Waals surface area contributed by atoms with Crippen molar-refractivity contribution in [2.24, 2.45) is 5.92 Å². The largest absolute Gasteiger partial charge is 0.220 e. The molecule has 6 heteroatoms. The summed E-state index contributed by atoms with van der Waals surface area (Å²) in [6.07, 6.45) is 0. The molecule has 0 aliphatic heterocycles. The van der Waals surface area contributed by atoms with E-state index in [0.29, 0.717) is 22.3 Å². The van der Waals surface area contributed by atoms with Gasteiger partial charge in [-0.25, -0.2) is 9.97 Å². The highest BCUT2D eigenvalue weighted by molar-refractivity contribution is 7.99. The summed E-state index contributed by atoms with van der Waals surface area (Å²) in [6, 6.07) is 5.94. The molecule has 2 aromatic heterocycles. The van der Waals surface area contributed by atoms with Crippen LogP contribution in [0, 0.1) is 17.2 Å².